The summed E-state index contributed by atoms with van der Waals surface area (Å²) in [6.07, 6.45) is 1.50. The van der Waals surface area contributed by atoms with Crippen LogP contribution in [0.4, 0.5) is 5.69 Å². The highest BCUT2D eigenvalue weighted by Gasteiger charge is 2.07. The molecule has 0 spiro atoms. The number of benzene rings is 1. The highest BCUT2D eigenvalue weighted by atomic mass is 16.1. The lowest BCUT2D eigenvalue weighted by molar-refractivity contribution is -0.121. The smallest absolute Gasteiger partial charge is 0.220 e. The van der Waals surface area contributed by atoms with Crippen molar-refractivity contribution in [2.45, 2.75) is 46.6 Å². The summed E-state index contributed by atoms with van der Waals surface area (Å²) < 4.78 is 0. The van der Waals surface area contributed by atoms with Gasteiger partial charge in [-0.3, -0.25) is 4.79 Å². The summed E-state index contributed by atoms with van der Waals surface area (Å²) in [7, 11) is 0. The molecule has 0 aliphatic heterocycles. The van der Waals surface area contributed by atoms with Gasteiger partial charge in [-0.05, 0) is 38.3 Å². The summed E-state index contributed by atoms with van der Waals surface area (Å²) in [5, 5.41) is 6.40. The lowest BCUT2D eigenvalue weighted by Gasteiger charge is -2.19. The van der Waals surface area contributed by atoms with Crippen molar-refractivity contribution in [3.8, 4) is 0 Å². The molecule has 18 heavy (non-hydrogen) atoms. The van der Waals surface area contributed by atoms with Crippen LogP contribution in [0.25, 0.3) is 0 Å². The van der Waals surface area contributed by atoms with Gasteiger partial charge >= 0.3 is 0 Å². The Balaban J connectivity index is 2.49. The van der Waals surface area contributed by atoms with E-state index in [1.54, 1.807) is 0 Å². The standard InChI is InChI=1S/C15H24N2O/c1-5-7-14(18)16-10-13(4)17-15-11(2)8-6-9-12(15)3/h6,8-9,13,17H,5,7,10H2,1-4H3,(H,16,18). The molecule has 1 amide bonds. The topological polar surface area (TPSA) is 41.1 Å². The second kappa shape index (κ2) is 7.04. The van der Waals surface area contributed by atoms with Gasteiger partial charge in [-0.25, -0.2) is 0 Å². The van der Waals surface area contributed by atoms with Crippen LogP contribution in [-0.4, -0.2) is 18.5 Å². The van der Waals surface area contributed by atoms with Crippen LogP contribution in [0, 0.1) is 13.8 Å². The second-order valence-corrected chi connectivity index (χ2v) is 4.87. The lowest BCUT2D eigenvalue weighted by Crippen LogP contribution is -2.34. The van der Waals surface area contributed by atoms with Gasteiger partial charge in [-0.15, -0.1) is 0 Å². The largest absolute Gasteiger partial charge is 0.380 e. The molecule has 0 radical (unpaired) electrons. The van der Waals surface area contributed by atoms with Crippen molar-refractivity contribution in [2.75, 3.05) is 11.9 Å². The Morgan fingerprint density at radius 3 is 2.44 bits per heavy atom. The molecule has 0 saturated heterocycles. The number of hydrogen-bond donors (Lipinski definition) is 2. The summed E-state index contributed by atoms with van der Waals surface area (Å²) in [6, 6.07) is 6.48. The number of para-hydroxylation sites is 1. The van der Waals surface area contributed by atoms with Gasteiger partial charge in [0.05, 0.1) is 0 Å². The molecule has 1 atom stereocenters. The number of carbonyl (C=O) groups is 1. The lowest BCUT2D eigenvalue weighted by atomic mass is 10.1. The fourth-order valence-electron chi connectivity index (χ4n) is 1.92. The van der Waals surface area contributed by atoms with Crippen LogP contribution in [-0.2, 0) is 4.79 Å². The molecule has 0 heterocycles. The maximum Gasteiger partial charge on any atom is 0.220 e. The van der Waals surface area contributed by atoms with Crippen LogP contribution < -0.4 is 10.6 Å². The maximum absolute atomic E-state index is 11.4. The van der Waals surface area contributed by atoms with Crippen molar-refractivity contribution < 1.29 is 4.79 Å². The minimum Gasteiger partial charge on any atom is -0.380 e. The van der Waals surface area contributed by atoms with Crippen molar-refractivity contribution in [3.63, 3.8) is 0 Å². The molecule has 1 rings (SSSR count). The van der Waals surface area contributed by atoms with Gasteiger partial charge in [0.25, 0.3) is 0 Å². The Labute approximate surface area is 110 Å². The minimum atomic E-state index is 0.132. The van der Waals surface area contributed by atoms with E-state index in [4.69, 9.17) is 0 Å². The number of amides is 1. The van der Waals surface area contributed by atoms with Crippen molar-refractivity contribution in [3.05, 3.63) is 29.3 Å². The van der Waals surface area contributed by atoms with E-state index in [0.717, 1.165) is 6.42 Å². The first-order valence-electron chi connectivity index (χ1n) is 6.64. The van der Waals surface area contributed by atoms with Gasteiger partial charge < -0.3 is 10.6 Å². The molecule has 0 aromatic heterocycles. The molecule has 0 aliphatic rings. The van der Waals surface area contributed by atoms with Crippen molar-refractivity contribution in [1.29, 1.82) is 0 Å². The molecular formula is C15H24N2O. The van der Waals surface area contributed by atoms with Crippen LogP contribution in [0.5, 0.6) is 0 Å². The van der Waals surface area contributed by atoms with Gasteiger partial charge in [0, 0.05) is 24.7 Å². The number of hydrogen-bond acceptors (Lipinski definition) is 2. The van der Waals surface area contributed by atoms with Crippen molar-refractivity contribution >= 4 is 11.6 Å². The molecule has 0 fully saturated rings. The second-order valence-electron chi connectivity index (χ2n) is 4.87. The molecule has 2 N–H and O–H groups in total. The third-order valence-corrected chi connectivity index (χ3v) is 2.95. The third-order valence-electron chi connectivity index (χ3n) is 2.95. The van der Waals surface area contributed by atoms with Crippen LogP contribution in [0.3, 0.4) is 0 Å². The van der Waals surface area contributed by atoms with Gasteiger partial charge in [0.1, 0.15) is 0 Å². The van der Waals surface area contributed by atoms with Gasteiger partial charge in [0.15, 0.2) is 0 Å². The van der Waals surface area contributed by atoms with E-state index < -0.39 is 0 Å². The quantitative estimate of drug-likeness (QED) is 0.812. The SMILES string of the molecule is CCCC(=O)NCC(C)Nc1c(C)cccc1C. The Morgan fingerprint density at radius 1 is 1.28 bits per heavy atom. The predicted octanol–water partition coefficient (Wildman–Crippen LogP) is 3.02. The van der Waals surface area contributed by atoms with Gasteiger partial charge in [-0.1, -0.05) is 25.1 Å². The number of carbonyl (C=O) groups excluding carboxylic acids is 1. The van der Waals surface area contributed by atoms with E-state index in [9.17, 15) is 4.79 Å². The Morgan fingerprint density at radius 2 is 1.89 bits per heavy atom. The summed E-state index contributed by atoms with van der Waals surface area (Å²) in [5.74, 6) is 0.132. The summed E-state index contributed by atoms with van der Waals surface area (Å²) in [6.45, 7) is 8.94. The first-order valence-corrected chi connectivity index (χ1v) is 6.64. The third kappa shape index (κ3) is 4.40. The van der Waals surface area contributed by atoms with Crippen molar-refractivity contribution in [2.24, 2.45) is 0 Å². The molecule has 3 heteroatoms. The fourth-order valence-corrected chi connectivity index (χ4v) is 1.92. The summed E-state index contributed by atoms with van der Waals surface area (Å²) in [4.78, 5) is 11.4. The van der Waals surface area contributed by atoms with E-state index >= 15 is 0 Å². The molecule has 3 nitrogen and oxygen atoms in total. The monoisotopic (exact) mass is 248 g/mol. The van der Waals surface area contributed by atoms with E-state index in [1.807, 2.05) is 6.92 Å². The van der Waals surface area contributed by atoms with Crippen LogP contribution >= 0.6 is 0 Å². The van der Waals surface area contributed by atoms with E-state index in [2.05, 4.69) is 49.6 Å². The number of anilines is 1. The molecule has 1 aromatic rings. The minimum absolute atomic E-state index is 0.132. The van der Waals surface area contributed by atoms with Crippen LogP contribution in [0.15, 0.2) is 18.2 Å². The van der Waals surface area contributed by atoms with E-state index in [-0.39, 0.29) is 11.9 Å². The first kappa shape index (κ1) is 14.6. The molecule has 0 aliphatic carbocycles. The highest BCUT2D eigenvalue weighted by Crippen LogP contribution is 2.20. The molecule has 0 saturated carbocycles. The number of nitrogens with one attached hydrogen (secondary N) is 2. The normalized spacial score (nSPS) is 12.0. The zero-order valence-electron chi connectivity index (χ0n) is 11.8. The zero-order valence-corrected chi connectivity index (χ0v) is 11.8. The van der Waals surface area contributed by atoms with Gasteiger partial charge in [0.2, 0.25) is 5.91 Å². The maximum atomic E-state index is 11.4. The number of aryl methyl sites for hydroxylation is 2. The summed E-state index contributed by atoms with van der Waals surface area (Å²) in [5.41, 5.74) is 3.65. The predicted molar refractivity (Wildman–Crippen MR) is 76.9 cm³/mol. The Bertz CT molecular complexity index is 381. The van der Waals surface area contributed by atoms with Gasteiger partial charge in [-0.2, -0.15) is 0 Å². The molecule has 1 aromatic carbocycles. The fraction of sp³-hybridized carbons (Fsp3) is 0.533. The van der Waals surface area contributed by atoms with Crippen molar-refractivity contribution in [1.82, 2.24) is 5.32 Å². The highest BCUT2D eigenvalue weighted by molar-refractivity contribution is 5.75. The first-order chi connectivity index (χ1) is 8.54. The average molecular weight is 248 g/mol. The average Bonchev–Trinajstić information content (AvgIpc) is 2.32. The number of rotatable bonds is 6. The molecule has 1 unspecified atom stereocenters. The van der Waals surface area contributed by atoms with E-state index in [1.165, 1.54) is 16.8 Å². The summed E-state index contributed by atoms with van der Waals surface area (Å²) >= 11 is 0. The Hall–Kier alpha value is -1.51. The van der Waals surface area contributed by atoms with E-state index in [0.29, 0.717) is 13.0 Å². The molecular weight excluding hydrogens is 224 g/mol. The van der Waals surface area contributed by atoms with Crippen LogP contribution in [0.2, 0.25) is 0 Å². The Kier molecular flexibility index (Phi) is 5.69. The molecule has 100 valence electrons. The molecule has 0 bridgehead atoms. The zero-order chi connectivity index (χ0) is 13.5. The van der Waals surface area contributed by atoms with Crippen LogP contribution in [0.1, 0.15) is 37.8 Å².